The Bertz CT molecular complexity index is 784. The second kappa shape index (κ2) is 11.0. The quantitative estimate of drug-likeness (QED) is 0.681. The van der Waals surface area contributed by atoms with Crippen molar-refractivity contribution in [1.82, 2.24) is 4.98 Å². The molecular formula is C19H24Cl2N4O3. The van der Waals surface area contributed by atoms with E-state index in [0.717, 1.165) is 0 Å². The number of anilines is 2. The third-order valence-electron chi connectivity index (χ3n) is 4.64. The van der Waals surface area contributed by atoms with Gasteiger partial charge in [-0.05, 0) is 43.2 Å². The van der Waals surface area contributed by atoms with E-state index in [0.29, 0.717) is 43.0 Å². The summed E-state index contributed by atoms with van der Waals surface area (Å²) in [4.78, 5) is 28.9. The van der Waals surface area contributed by atoms with Gasteiger partial charge in [0.25, 0.3) is 5.91 Å². The van der Waals surface area contributed by atoms with Crippen molar-refractivity contribution in [3.8, 4) is 0 Å². The molecule has 1 saturated heterocycles. The summed E-state index contributed by atoms with van der Waals surface area (Å²) in [5.74, 6) is -0.348. The van der Waals surface area contributed by atoms with Gasteiger partial charge in [0.15, 0.2) is 0 Å². The van der Waals surface area contributed by atoms with Gasteiger partial charge in [-0.1, -0.05) is 6.07 Å². The van der Waals surface area contributed by atoms with Crippen LogP contribution in [0.2, 0.25) is 0 Å². The first-order valence-electron chi connectivity index (χ1n) is 8.54. The smallest absolute Gasteiger partial charge is 0.255 e. The Balaban J connectivity index is 0.00000196. The summed E-state index contributed by atoms with van der Waals surface area (Å²) in [7, 11) is 0. The van der Waals surface area contributed by atoms with E-state index in [1.54, 1.807) is 48.8 Å². The topological polar surface area (TPSA) is 106 Å². The molecule has 1 aliphatic rings. The van der Waals surface area contributed by atoms with Crippen LogP contribution >= 0.6 is 24.8 Å². The number of aromatic nitrogens is 1. The van der Waals surface area contributed by atoms with Crippen molar-refractivity contribution in [2.45, 2.75) is 12.8 Å². The molecule has 0 spiro atoms. The van der Waals surface area contributed by atoms with Gasteiger partial charge in [0.1, 0.15) is 0 Å². The first-order chi connectivity index (χ1) is 12.6. The van der Waals surface area contributed by atoms with Gasteiger partial charge in [0.05, 0.1) is 5.41 Å². The molecule has 28 heavy (non-hydrogen) atoms. The number of halogens is 2. The highest BCUT2D eigenvalue weighted by atomic mass is 35.5. The number of rotatable bonds is 5. The third-order valence-corrected chi connectivity index (χ3v) is 4.64. The predicted molar refractivity (Wildman–Crippen MR) is 113 cm³/mol. The predicted octanol–water partition coefficient (Wildman–Crippen LogP) is 2.87. The second-order valence-electron chi connectivity index (χ2n) is 6.32. The molecule has 0 radical (unpaired) electrons. The molecule has 0 atom stereocenters. The number of nitrogens with zero attached hydrogens (tertiary/aromatic N) is 1. The number of hydrogen-bond acceptors (Lipinski definition) is 5. The van der Waals surface area contributed by atoms with Gasteiger partial charge >= 0.3 is 0 Å². The lowest BCUT2D eigenvalue weighted by atomic mass is 9.79. The maximum absolute atomic E-state index is 12.7. The van der Waals surface area contributed by atoms with E-state index in [2.05, 4.69) is 15.6 Å². The molecule has 0 aliphatic carbocycles. The summed E-state index contributed by atoms with van der Waals surface area (Å²) in [6, 6.07) is 10.3. The SMILES string of the molecule is Cl.Cl.NCC1(C(=O)Nc2cccc(NC(=O)c3ccncc3)c2)CCOCC1. The van der Waals surface area contributed by atoms with Crippen LogP contribution in [0.1, 0.15) is 23.2 Å². The van der Waals surface area contributed by atoms with Crippen LogP contribution in [0.25, 0.3) is 0 Å². The van der Waals surface area contributed by atoms with Crippen LogP contribution in [-0.2, 0) is 9.53 Å². The number of carbonyl (C=O) groups is 2. The number of carbonyl (C=O) groups excluding carboxylic acids is 2. The highest BCUT2D eigenvalue weighted by Crippen LogP contribution is 2.31. The maximum atomic E-state index is 12.7. The molecule has 3 rings (SSSR count). The summed E-state index contributed by atoms with van der Waals surface area (Å²) < 4.78 is 5.34. The molecule has 7 nitrogen and oxygen atoms in total. The molecule has 0 saturated carbocycles. The molecule has 4 N–H and O–H groups in total. The lowest BCUT2D eigenvalue weighted by molar-refractivity contribution is -0.130. The van der Waals surface area contributed by atoms with Crippen LogP contribution in [0, 0.1) is 5.41 Å². The van der Waals surface area contributed by atoms with Crippen molar-refractivity contribution in [2.75, 3.05) is 30.4 Å². The average Bonchev–Trinajstić information content (AvgIpc) is 2.69. The van der Waals surface area contributed by atoms with E-state index < -0.39 is 5.41 Å². The fourth-order valence-electron chi connectivity index (χ4n) is 2.93. The maximum Gasteiger partial charge on any atom is 0.255 e. The highest BCUT2D eigenvalue weighted by molar-refractivity contribution is 6.04. The lowest BCUT2D eigenvalue weighted by Gasteiger charge is -2.34. The fraction of sp³-hybridized carbons (Fsp3) is 0.316. The van der Waals surface area contributed by atoms with Crippen molar-refractivity contribution in [2.24, 2.45) is 11.1 Å². The van der Waals surface area contributed by atoms with Crippen LogP contribution < -0.4 is 16.4 Å². The molecule has 0 unspecified atom stereocenters. The van der Waals surface area contributed by atoms with E-state index in [1.807, 2.05) is 0 Å². The number of pyridine rings is 1. The lowest BCUT2D eigenvalue weighted by Crippen LogP contribution is -2.46. The van der Waals surface area contributed by atoms with E-state index in [-0.39, 0.29) is 43.2 Å². The van der Waals surface area contributed by atoms with Gasteiger partial charge in [-0.25, -0.2) is 0 Å². The van der Waals surface area contributed by atoms with Crippen molar-refractivity contribution >= 4 is 48.0 Å². The van der Waals surface area contributed by atoms with Gasteiger partial charge in [0.2, 0.25) is 5.91 Å². The minimum absolute atomic E-state index is 0. The third kappa shape index (κ3) is 5.65. The standard InChI is InChI=1S/C19H22N4O3.2ClH/c20-13-19(6-10-26-11-7-19)18(25)23-16-3-1-2-15(12-16)22-17(24)14-4-8-21-9-5-14;;/h1-5,8-9,12H,6-7,10-11,13,20H2,(H,22,24)(H,23,25);2*1H. The molecule has 1 aromatic heterocycles. The minimum atomic E-state index is -0.603. The Morgan fingerprint density at radius 2 is 1.64 bits per heavy atom. The van der Waals surface area contributed by atoms with Gasteiger partial charge in [-0.2, -0.15) is 0 Å². The van der Waals surface area contributed by atoms with Crippen LogP contribution in [0.15, 0.2) is 48.8 Å². The average molecular weight is 427 g/mol. The molecule has 2 aromatic rings. The largest absolute Gasteiger partial charge is 0.381 e. The first kappa shape index (κ1) is 23.8. The zero-order chi connectivity index (χ0) is 18.4. The van der Waals surface area contributed by atoms with Gasteiger partial charge in [-0.15, -0.1) is 24.8 Å². The Kier molecular flexibility index (Phi) is 9.34. The second-order valence-corrected chi connectivity index (χ2v) is 6.32. The number of ether oxygens (including phenoxy) is 1. The van der Waals surface area contributed by atoms with Crippen molar-refractivity contribution < 1.29 is 14.3 Å². The number of benzene rings is 1. The zero-order valence-electron chi connectivity index (χ0n) is 15.2. The summed E-state index contributed by atoms with van der Waals surface area (Å²) in [6.45, 7) is 1.35. The molecule has 1 fully saturated rings. The number of nitrogens with two attached hydrogens (primary N) is 1. The van der Waals surface area contributed by atoms with Crippen molar-refractivity contribution in [3.05, 3.63) is 54.4 Å². The Hall–Kier alpha value is -2.19. The molecule has 1 aromatic carbocycles. The number of nitrogens with one attached hydrogen (secondary N) is 2. The van der Waals surface area contributed by atoms with Crippen LogP contribution in [0.4, 0.5) is 11.4 Å². The molecule has 152 valence electrons. The van der Waals surface area contributed by atoms with Crippen molar-refractivity contribution in [1.29, 1.82) is 0 Å². The van der Waals surface area contributed by atoms with E-state index in [9.17, 15) is 9.59 Å². The van der Waals surface area contributed by atoms with E-state index in [1.165, 1.54) is 0 Å². The molecule has 1 aliphatic heterocycles. The molecule has 2 amide bonds. The van der Waals surface area contributed by atoms with Gasteiger partial charge < -0.3 is 21.1 Å². The normalized spacial score (nSPS) is 14.8. The molecule has 9 heteroatoms. The first-order valence-corrected chi connectivity index (χ1v) is 8.54. The molecule has 0 bridgehead atoms. The number of hydrogen-bond donors (Lipinski definition) is 3. The Labute approximate surface area is 176 Å². The van der Waals surface area contributed by atoms with Gasteiger partial charge in [-0.3, -0.25) is 14.6 Å². The summed E-state index contributed by atoms with van der Waals surface area (Å²) in [5, 5.41) is 5.73. The highest BCUT2D eigenvalue weighted by Gasteiger charge is 2.38. The monoisotopic (exact) mass is 426 g/mol. The molecular weight excluding hydrogens is 403 g/mol. The van der Waals surface area contributed by atoms with Crippen LogP contribution in [-0.4, -0.2) is 36.6 Å². The minimum Gasteiger partial charge on any atom is -0.381 e. The van der Waals surface area contributed by atoms with Gasteiger partial charge in [0, 0.05) is 49.1 Å². The van der Waals surface area contributed by atoms with Crippen molar-refractivity contribution in [3.63, 3.8) is 0 Å². The summed E-state index contributed by atoms with van der Waals surface area (Å²) in [5.41, 5.74) is 6.99. The summed E-state index contributed by atoms with van der Waals surface area (Å²) >= 11 is 0. The fourth-order valence-corrected chi connectivity index (χ4v) is 2.93. The van der Waals surface area contributed by atoms with E-state index >= 15 is 0 Å². The van der Waals surface area contributed by atoms with Crippen LogP contribution in [0.3, 0.4) is 0 Å². The Morgan fingerprint density at radius 1 is 1.04 bits per heavy atom. The molecule has 2 heterocycles. The summed E-state index contributed by atoms with van der Waals surface area (Å²) in [6.07, 6.45) is 4.33. The van der Waals surface area contributed by atoms with E-state index in [4.69, 9.17) is 10.5 Å². The van der Waals surface area contributed by atoms with Crippen LogP contribution in [0.5, 0.6) is 0 Å². The zero-order valence-corrected chi connectivity index (χ0v) is 16.9. The Morgan fingerprint density at radius 3 is 2.25 bits per heavy atom. The number of amides is 2.